The molecule has 46 heavy (non-hydrogen) atoms. The molecule has 6 aromatic carbocycles. The molecule has 0 saturated carbocycles. The highest BCUT2D eigenvalue weighted by atomic mass is 15.1. The summed E-state index contributed by atoms with van der Waals surface area (Å²) in [6.07, 6.45) is 0. The van der Waals surface area contributed by atoms with Crippen molar-refractivity contribution < 1.29 is 0 Å². The van der Waals surface area contributed by atoms with Gasteiger partial charge in [-0.1, -0.05) is 127 Å². The van der Waals surface area contributed by atoms with Crippen molar-refractivity contribution >= 4 is 54.5 Å². The van der Waals surface area contributed by atoms with Gasteiger partial charge in [0.25, 0.3) is 0 Å². The second-order valence-electron chi connectivity index (χ2n) is 11.7. The number of hydrogen-bond acceptors (Lipinski definition) is 3. The van der Waals surface area contributed by atoms with Gasteiger partial charge in [0.1, 0.15) is 0 Å². The number of fused-ring (bicyclic) bond motifs is 7. The smallest absolute Gasteiger partial charge is 0.180 e. The summed E-state index contributed by atoms with van der Waals surface area (Å²) in [6, 6.07) is 53.2. The van der Waals surface area contributed by atoms with Gasteiger partial charge in [-0.3, -0.25) is 0 Å². The molecule has 0 fully saturated rings. The van der Waals surface area contributed by atoms with Crippen LogP contribution in [-0.4, -0.2) is 23.8 Å². The van der Waals surface area contributed by atoms with Crippen LogP contribution in [0.3, 0.4) is 0 Å². The van der Waals surface area contributed by atoms with Crippen LogP contribution in [0.5, 0.6) is 0 Å². The summed E-state index contributed by atoms with van der Waals surface area (Å²) < 4.78 is 4.80. The van der Waals surface area contributed by atoms with Crippen LogP contribution in [0, 0.1) is 0 Å². The average Bonchev–Trinajstić information content (AvgIpc) is 3.68. The van der Waals surface area contributed by atoms with Crippen LogP contribution in [0.25, 0.3) is 88.8 Å². The van der Waals surface area contributed by atoms with Crippen LogP contribution >= 0.6 is 0 Å². The summed E-state index contributed by atoms with van der Waals surface area (Å²) in [5.74, 6) is 1.91. The van der Waals surface area contributed by atoms with Crippen molar-refractivity contribution in [2.45, 2.75) is 0 Å². The monoisotopic (exact) mass is 587 g/mol. The first-order valence-electron chi connectivity index (χ1n) is 15.5. The number of hydrogen-bond donors (Lipinski definition) is 0. The zero-order valence-corrected chi connectivity index (χ0v) is 24.7. The zero-order chi connectivity index (χ0) is 30.2. The van der Waals surface area contributed by atoms with E-state index in [0.29, 0.717) is 17.5 Å². The van der Waals surface area contributed by atoms with Crippen molar-refractivity contribution in [2.75, 3.05) is 0 Å². The Bertz CT molecular complexity index is 2740. The first-order chi connectivity index (χ1) is 22.8. The molecule has 0 radical (unpaired) electrons. The molecule has 4 aromatic heterocycles. The van der Waals surface area contributed by atoms with Gasteiger partial charge in [-0.25, -0.2) is 15.0 Å². The van der Waals surface area contributed by atoms with Crippen molar-refractivity contribution in [3.05, 3.63) is 152 Å². The van der Waals surface area contributed by atoms with E-state index in [1.54, 1.807) is 0 Å². The summed E-state index contributed by atoms with van der Waals surface area (Å²) in [4.78, 5) is 15.3. The van der Waals surface area contributed by atoms with Crippen molar-refractivity contribution in [1.82, 2.24) is 23.8 Å². The number of benzene rings is 6. The Morgan fingerprint density at radius 3 is 1.46 bits per heavy atom. The van der Waals surface area contributed by atoms with Crippen LogP contribution < -0.4 is 0 Å². The Balaban J connectivity index is 1.43. The summed E-state index contributed by atoms with van der Waals surface area (Å²) >= 11 is 0. The van der Waals surface area contributed by atoms with Gasteiger partial charge in [-0.05, 0) is 24.3 Å². The third-order valence-electron chi connectivity index (χ3n) is 9.10. The summed E-state index contributed by atoms with van der Waals surface area (Å²) in [6.45, 7) is 0. The molecule has 4 heterocycles. The fourth-order valence-electron chi connectivity index (χ4n) is 7.14. The van der Waals surface area contributed by atoms with E-state index >= 15 is 0 Å². The SMILES string of the molecule is c1ccc(-c2nc(-c3ccccc3)nc(-c3cc4cccc5c4n3c3ccccc3c3cccc4c6ccccc6n5c34)n2)cc1. The van der Waals surface area contributed by atoms with E-state index in [1.807, 2.05) is 36.4 Å². The molecule has 214 valence electrons. The van der Waals surface area contributed by atoms with E-state index in [-0.39, 0.29) is 0 Å². The second-order valence-corrected chi connectivity index (χ2v) is 11.7. The fourth-order valence-corrected chi connectivity index (χ4v) is 7.14. The predicted octanol–water partition coefficient (Wildman–Crippen LogP) is 9.99. The Morgan fingerprint density at radius 1 is 0.348 bits per heavy atom. The van der Waals surface area contributed by atoms with Crippen molar-refractivity contribution in [3.8, 4) is 34.3 Å². The quantitative estimate of drug-likeness (QED) is 0.207. The van der Waals surface area contributed by atoms with Gasteiger partial charge in [0.2, 0.25) is 0 Å². The van der Waals surface area contributed by atoms with Crippen molar-refractivity contribution in [3.63, 3.8) is 0 Å². The van der Waals surface area contributed by atoms with E-state index in [0.717, 1.165) is 44.1 Å². The van der Waals surface area contributed by atoms with Gasteiger partial charge in [-0.15, -0.1) is 0 Å². The highest BCUT2D eigenvalue weighted by Crippen LogP contribution is 2.39. The largest absolute Gasteiger partial charge is 0.306 e. The predicted molar refractivity (Wildman–Crippen MR) is 188 cm³/mol. The van der Waals surface area contributed by atoms with E-state index in [9.17, 15) is 0 Å². The molecule has 0 atom stereocenters. The van der Waals surface area contributed by atoms with Crippen LogP contribution in [0.2, 0.25) is 0 Å². The number of rotatable bonds is 3. The van der Waals surface area contributed by atoms with Crippen LogP contribution in [0.1, 0.15) is 0 Å². The Kier molecular flexibility index (Phi) is 5.22. The molecular formula is C41H25N5. The summed E-state index contributed by atoms with van der Waals surface area (Å²) in [5, 5.41) is 5.96. The summed E-state index contributed by atoms with van der Waals surface area (Å²) in [7, 11) is 0. The van der Waals surface area contributed by atoms with Gasteiger partial charge < -0.3 is 8.80 Å². The normalized spacial score (nSPS) is 11.9. The maximum Gasteiger partial charge on any atom is 0.180 e. The van der Waals surface area contributed by atoms with Crippen LogP contribution in [0.4, 0.5) is 0 Å². The van der Waals surface area contributed by atoms with Gasteiger partial charge in [0, 0.05) is 38.1 Å². The van der Waals surface area contributed by atoms with Crippen molar-refractivity contribution in [2.24, 2.45) is 0 Å². The minimum atomic E-state index is 0.626. The maximum absolute atomic E-state index is 5.16. The zero-order valence-electron chi connectivity index (χ0n) is 24.7. The standard InChI is InChI=1S/C41H25N5/c1-3-13-26(14-4-1)39-42-40(27-15-5-2-6-16-27)44-41(43-39)36-25-28-17-11-24-35-37(28)46(36)34-23-10-8-19-30(34)32-21-12-20-31-29-18-7-9-22-33(29)45(35)38(31)32/h1-25H. The lowest BCUT2D eigenvalue weighted by molar-refractivity contribution is 1.06. The lowest BCUT2D eigenvalue weighted by atomic mass is 10.1. The second kappa shape index (κ2) is 9.58. The minimum Gasteiger partial charge on any atom is -0.306 e. The van der Waals surface area contributed by atoms with E-state index in [1.165, 1.54) is 27.2 Å². The first kappa shape index (κ1) is 25.0. The molecule has 0 bridgehead atoms. The third kappa shape index (κ3) is 3.54. The number of nitrogens with zero attached hydrogens (tertiary/aromatic N) is 5. The van der Waals surface area contributed by atoms with Crippen LogP contribution in [-0.2, 0) is 0 Å². The molecule has 5 heteroatoms. The van der Waals surface area contributed by atoms with E-state index < -0.39 is 0 Å². The molecule has 0 amide bonds. The first-order valence-corrected chi connectivity index (χ1v) is 15.5. The van der Waals surface area contributed by atoms with Gasteiger partial charge in [0.15, 0.2) is 17.5 Å². The topological polar surface area (TPSA) is 47.5 Å². The Labute approximate surface area is 263 Å². The van der Waals surface area contributed by atoms with Crippen molar-refractivity contribution in [1.29, 1.82) is 0 Å². The maximum atomic E-state index is 5.16. The molecule has 10 aromatic rings. The van der Waals surface area contributed by atoms with Gasteiger partial charge >= 0.3 is 0 Å². The van der Waals surface area contributed by atoms with Gasteiger partial charge in [-0.2, -0.15) is 0 Å². The minimum absolute atomic E-state index is 0.626. The fraction of sp³-hybridized carbons (Fsp3) is 0. The van der Waals surface area contributed by atoms with E-state index in [2.05, 4.69) is 124 Å². The Morgan fingerprint density at radius 2 is 0.826 bits per heavy atom. The van der Waals surface area contributed by atoms with Gasteiger partial charge in [0.05, 0.1) is 33.3 Å². The lowest BCUT2D eigenvalue weighted by Gasteiger charge is -2.12. The summed E-state index contributed by atoms with van der Waals surface area (Å²) in [5.41, 5.74) is 8.54. The highest BCUT2D eigenvalue weighted by molar-refractivity contribution is 6.21. The molecule has 5 nitrogen and oxygen atoms in total. The molecule has 0 aliphatic heterocycles. The molecular weight excluding hydrogens is 562 g/mol. The highest BCUT2D eigenvalue weighted by Gasteiger charge is 2.21. The molecule has 0 spiro atoms. The van der Waals surface area contributed by atoms with Crippen LogP contribution in [0.15, 0.2) is 152 Å². The Hall–Kier alpha value is -6.33. The molecule has 10 rings (SSSR count). The third-order valence-corrected chi connectivity index (χ3v) is 9.10. The lowest BCUT2D eigenvalue weighted by Crippen LogP contribution is -2.02. The average molecular weight is 588 g/mol. The molecule has 0 N–H and O–H groups in total. The molecule has 0 saturated heterocycles. The molecule has 0 unspecified atom stereocenters. The van der Waals surface area contributed by atoms with E-state index in [4.69, 9.17) is 15.0 Å². The number of para-hydroxylation sites is 4. The number of aromatic nitrogens is 5. The molecule has 0 aliphatic carbocycles. The molecule has 0 aliphatic rings.